The summed E-state index contributed by atoms with van der Waals surface area (Å²) in [5.41, 5.74) is 1.28. The fourth-order valence-corrected chi connectivity index (χ4v) is 2.99. The average Bonchev–Trinajstić information content (AvgIpc) is 2.66. The van der Waals surface area contributed by atoms with E-state index in [2.05, 4.69) is 51.6 Å². The zero-order valence-corrected chi connectivity index (χ0v) is 15.6. The van der Waals surface area contributed by atoms with Gasteiger partial charge in [-0.05, 0) is 31.9 Å². The van der Waals surface area contributed by atoms with E-state index in [-0.39, 0.29) is 24.6 Å². The Kier molecular flexibility index (Phi) is 7.52. The highest BCUT2D eigenvalue weighted by atomic mass is 16.3. The van der Waals surface area contributed by atoms with Gasteiger partial charge in [-0.1, -0.05) is 25.1 Å². The maximum absolute atomic E-state index is 12.0. The van der Waals surface area contributed by atoms with Crippen LogP contribution >= 0.6 is 0 Å². The van der Waals surface area contributed by atoms with Gasteiger partial charge in [-0.15, -0.1) is 0 Å². The van der Waals surface area contributed by atoms with Crippen LogP contribution in [-0.2, 0) is 0 Å². The first-order valence-corrected chi connectivity index (χ1v) is 9.20. The van der Waals surface area contributed by atoms with Crippen molar-refractivity contribution in [2.75, 3.05) is 44.2 Å². The van der Waals surface area contributed by atoms with E-state index in [0.717, 1.165) is 26.2 Å². The van der Waals surface area contributed by atoms with Crippen molar-refractivity contribution in [3.8, 4) is 0 Å². The van der Waals surface area contributed by atoms with E-state index in [0.29, 0.717) is 12.6 Å². The predicted octanol–water partition coefficient (Wildman–Crippen LogP) is 1.51. The molecule has 0 bridgehead atoms. The molecule has 3 atom stereocenters. The van der Waals surface area contributed by atoms with Crippen molar-refractivity contribution in [1.29, 1.82) is 0 Å². The number of rotatable bonds is 7. The minimum atomic E-state index is -0.164. The van der Waals surface area contributed by atoms with Crippen molar-refractivity contribution in [2.45, 2.75) is 32.9 Å². The number of amides is 2. The number of nitrogens with one attached hydrogen (secondary N) is 2. The molecule has 2 rings (SSSR count). The third-order valence-electron chi connectivity index (χ3n) is 5.12. The van der Waals surface area contributed by atoms with Crippen LogP contribution in [0.3, 0.4) is 0 Å². The zero-order valence-electron chi connectivity index (χ0n) is 15.6. The molecule has 140 valence electrons. The third-order valence-corrected chi connectivity index (χ3v) is 5.12. The normalized spacial score (nSPS) is 19.1. The third kappa shape index (κ3) is 5.90. The largest absolute Gasteiger partial charge is 0.396 e. The number of hydrogen-bond donors (Lipinski definition) is 3. The van der Waals surface area contributed by atoms with Crippen molar-refractivity contribution in [2.24, 2.45) is 5.92 Å². The Balaban J connectivity index is 1.70. The Labute approximate surface area is 151 Å². The lowest BCUT2D eigenvalue weighted by atomic mass is 10.1. The molecule has 3 N–H and O–H groups in total. The molecule has 0 spiro atoms. The van der Waals surface area contributed by atoms with Crippen molar-refractivity contribution >= 4 is 11.7 Å². The Hall–Kier alpha value is -1.79. The van der Waals surface area contributed by atoms with Crippen LogP contribution in [0.5, 0.6) is 0 Å². The number of aliphatic hydroxyl groups excluding tert-OH is 1. The van der Waals surface area contributed by atoms with Gasteiger partial charge in [-0.3, -0.25) is 4.90 Å². The fourth-order valence-electron chi connectivity index (χ4n) is 2.99. The first kappa shape index (κ1) is 19.5. The maximum Gasteiger partial charge on any atom is 0.315 e. The second kappa shape index (κ2) is 9.63. The minimum absolute atomic E-state index is 0.0466. The van der Waals surface area contributed by atoms with E-state index in [9.17, 15) is 4.79 Å². The monoisotopic (exact) mass is 348 g/mol. The number of hydrogen-bond acceptors (Lipinski definition) is 4. The molecule has 1 fully saturated rings. The van der Waals surface area contributed by atoms with Gasteiger partial charge in [0, 0.05) is 57.1 Å². The molecule has 1 heterocycles. The van der Waals surface area contributed by atoms with Gasteiger partial charge in [0.2, 0.25) is 0 Å². The van der Waals surface area contributed by atoms with Gasteiger partial charge < -0.3 is 20.6 Å². The number of para-hydroxylation sites is 1. The molecule has 1 saturated heterocycles. The van der Waals surface area contributed by atoms with E-state index in [1.165, 1.54) is 5.69 Å². The Morgan fingerprint density at radius 3 is 2.36 bits per heavy atom. The van der Waals surface area contributed by atoms with Crippen molar-refractivity contribution in [3.63, 3.8) is 0 Å². The first-order valence-electron chi connectivity index (χ1n) is 9.20. The minimum Gasteiger partial charge on any atom is -0.396 e. The number of urea groups is 1. The Morgan fingerprint density at radius 2 is 1.76 bits per heavy atom. The molecular weight excluding hydrogens is 316 g/mol. The zero-order chi connectivity index (χ0) is 18.2. The van der Waals surface area contributed by atoms with E-state index in [4.69, 9.17) is 5.11 Å². The summed E-state index contributed by atoms with van der Waals surface area (Å²) in [6.07, 6.45) is 0. The smallest absolute Gasteiger partial charge is 0.315 e. The highest BCUT2D eigenvalue weighted by molar-refractivity contribution is 5.74. The summed E-state index contributed by atoms with van der Waals surface area (Å²) in [6, 6.07) is 10.6. The first-order chi connectivity index (χ1) is 12.0. The highest BCUT2D eigenvalue weighted by Gasteiger charge is 2.22. The predicted molar refractivity (Wildman–Crippen MR) is 102 cm³/mol. The molecule has 1 aliphatic heterocycles. The summed E-state index contributed by atoms with van der Waals surface area (Å²) in [6.45, 7) is 10.7. The quantitative estimate of drug-likeness (QED) is 0.699. The van der Waals surface area contributed by atoms with Gasteiger partial charge in [0.15, 0.2) is 0 Å². The molecule has 6 nitrogen and oxygen atoms in total. The maximum atomic E-state index is 12.0. The summed E-state index contributed by atoms with van der Waals surface area (Å²) in [5.74, 6) is 0.0502. The highest BCUT2D eigenvalue weighted by Crippen LogP contribution is 2.16. The molecule has 25 heavy (non-hydrogen) atoms. The lowest BCUT2D eigenvalue weighted by Gasteiger charge is -2.39. The summed E-state index contributed by atoms with van der Waals surface area (Å²) in [7, 11) is 0. The lowest BCUT2D eigenvalue weighted by Crippen LogP contribution is -2.53. The molecule has 1 aromatic carbocycles. The molecule has 6 heteroatoms. The van der Waals surface area contributed by atoms with Gasteiger partial charge in [0.1, 0.15) is 0 Å². The van der Waals surface area contributed by atoms with Gasteiger partial charge in [0.05, 0.1) is 0 Å². The second-order valence-electron chi connectivity index (χ2n) is 7.01. The molecular formula is C19H32N4O2. The molecule has 1 aromatic rings. The number of carbonyl (C=O) groups excluding carboxylic acids is 1. The van der Waals surface area contributed by atoms with Crippen LogP contribution in [0, 0.1) is 5.92 Å². The molecule has 3 unspecified atom stereocenters. The summed E-state index contributed by atoms with van der Waals surface area (Å²) < 4.78 is 0. The van der Waals surface area contributed by atoms with E-state index in [1.54, 1.807) is 0 Å². The van der Waals surface area contributed by atoms with Gasteiger partial charge in [0.25, 0.3) is 0 Å². The van der Waals surface area contributed by atoms with Crippen LogP contribution in [0.1, 0.15) is 20.8 Å². The summed E-state index contributed by atoms with van der Waals surface area (Å²) in [4.78, 5) is 16.8. The van der Waals surface area contributed by atoms with Crippen LogP contribution in [0.4, 0.5) is 10.5 Å². The number of nitrogens with zero attached hydrogens (tertiary/aromatic N) is 2. The van der Waals surface area contributed by atoms with Crippen molar-refractivity contribution < 1.29 is 9.90 Å². The van der Waals surface area contributed by atoms with Gasteiger partial charge in [-0.2, -0.15) is 0 Å². The lowest BCUT2D eigenvalue weighted by molar-refractivity contribution is 0.184. The number of anilines is 1. The molecule has 1 aliphatic rings. The topological polar surface area (TPSA) is 67.8 Å². The van der Waals surface area contributed by atoms with Gasteiger partial charge in [-0.25, -0.2) is 4.79 Å². The fraction of sp³-hybridized carbons (Fsp3) is 0.632. The summed E-state index contributed by atoms with van der Waals surface area (Å²) in [5, 5.41) is 15.0. The second-order valence-corrected chi connectivity index (χ2v) is 7.01. The van der Waals surface area contributed by atoms with Crippen molar-refractivity contribution in [3.05, 3.63) is 30.3 Å². The number of benzene rings is 1. The van der Waals surface area contributed by atoms with Crippen LogP contribution in [-0.4, -0.2) is 67.5 Å². The van der Waals surface area contributed by atoms with E-state index < -0.39 is 0 Å². The Morgan fingerprint density at radius 1 is 1.12 bits per heavy atom. The van der Waals surface area contributed by atoms with Crippen LogP contribution in [0.15, 0.2) is 30.3 Å². The number of carbonyl (C=O) groups is 1. The van der Waals surface area contributed by atoms with Crippen LogP contribution in [0.2, 0.25) is 0 Å². The molecule has 0 aliphatic carbocycles. The van der Waals surface area contributed by atoms with Gasteiger partial charge >= 0.3 is 6.03 Å². The summed E-state index contributed by atoms with van der Waals surface area (Å²) >= 11 is 0. The molecule has 2 amide bonds. The standard InChI is InChI=1S/C19H32N4O2/c1-15(14-24)17(3)21-19(25)20-13-16(2)22-9-11-23(12-10-22)18-7-5-4-6-8-18/h4-8,15-17,24H,9-14H2,1-3H3,(H2,20,21,25). The molecule has 0 aromatic heterocycles. The Bertz CT molecular complexity index is 517. The average molecular weight is 348 g/mol. The number of piperazine rings is 1. The molecule has 0 radical (unpaired) electrons. The number of aliphatic hydroxyl groups is 1. The molecule has 0 saturated carbocycles. The SMILES string of the molecule is CC(CO)C(C)NC(=O)NCC(C)N1CCN(c2ccccc2)CC1. The van der Waals surface area contributed by atoms with E-state index in [1.807, 2.05) is 19.9 Å². The van der Waals surface area contributed by atoms with Crippen LogP contribution < -0.4 is 15.5 Å². The van der Waals surface area contributed by atoms with Crippen molar-refractivity contribution in [1.82, 2.24) is 15.5 Å². The van der Waals surface area contributed by atoms with Crippen LogP contribution in [0.25, 0.3) is 0 Å². The van der Waals surface area contributed by atoms with E-state index >= 15 is 0 Å².